The summed E-state index contributed by atoms with van der Waals surface area (Å²) >= 11 is 0. The quantitative estimate of drug-likeness (QED) is 0.279. The number of rotatable bonds is 11. The summed E-state index contributed by atoms with van der Waals surface area (Å²) in [4.78, 5) is 27.5. The molecule has 0 spiro atoms. The highest BCUT2D eigenvalue weighted by atomic mass is 33.1. The standard InChI is InChI=1S/C19H30N4O5S2/c1-12-16(20)18(26)17(23-13(2)24)19(28-12)27-10-5-9-21-14(25)7-11-29-30-15-6-3-4-8-22-15/h3-4,6,8,12,16-19,26H,5,7,9-11,20H2,1-2H3,(H,21,25)(H,23,24)/t12-,16+,17-,18+,19-/m1/s1. The zero-order chi connectivity index (χ0) is 21.9. The number of carbonyl (C=O) groups is 2. The molecule has 2 rings (SSSR count). The predicted octanol–water partition coefficient (Wildman–Crippen LogP) is 0.673. The van der Waals surface area contributed by atoms with Crippen LogP contribution in [-0.2, 0) is 19.1 Å². The molecule has 0 saturated carbocycles. The molecule has 1 saturated heterocycles. The molecule has 0 bridgehead atoms. The summed E-state index contributed by atoms with van der Waals surface area (Å²) in [6, 6.07) is 4.37. The highest BCUT2D eigenvalue weighted by Gasteiger charge is 2.42. The Morgan fingerprint density at radius 3 is 2.90 bits per heavy atom. The van der Waals surface area contributed by atoms with Gasteiger partial charge in [0.25, 0.3) is 0 Å². The summed E-state index contributed by atoms with van der Waals surface area (Å²) in [6.07, 6.45) is 0.562. The van der Waals surface area contributed by atoms with Crippen LogP contribution in [0.15, 0.2) is 29.4 Å². The van der Waals surface area contributed by atoms with Gasteiger partial charge in [0.1, 0.15) is 11.1 Å². The molecule has 168 valence electrons. The molecule has 1 aromatic rings. The van der Waals surface area contributed by atoms with Crippen molar-refractivity contribution >= 4 is 33.4 Å². The Morgan fingerprint density at radius 2 is 2.20 bits per heavy atom. The molecule has 5 atom stereocenters. The van der Waals surface area contributed by atoms with Crippen LogP contribution in [0.25, 0.3) is 0 Å². The summed E-state index contributed by atoms with van der Waals surface area (Å²) < 4.78 is 11.4. The van der Waals surface area contributed by atoms with Crippen LogP contribution >= 0.6 is 21.6 Å². The first kappa shape index (κ1) is 24.9. The third-order valence-corrected chi connectivity index (χ3v) is 6.70. The minimum absolute atomic E-state index is 0.0239. The fourth-order valence-corrected chi connectivity index (χ4v) is 4.69. The number of nitrogens with two attached hydrogens (primary N) is 1. The number of amides is 2. The van der Waals surface area contributed by atoms with E-state index in [1.165, 1.54) is 6.92 Å². The van der Waals surface area contributed by atoms with Gasteiger partial charge in [-0.25, -0.2) is 4.98 Å². The molecule has 0 radical (unpaired) electrons. The van der Waals surface area contributed by atoms with E-state index in [9.17, 15) is 14.7 Å². The van der Waals surface area contributed by atoms with Gasteiger partial charge in [-0.05, 0) is 36.3 Å². The summed E-state index contributed by atoms with van der Waals surface area (Å²) in [7, 11) is 3.13. The minimum atomic E-state index is -0.969. The van der Waals surface area contributed by atoms with E-state index in [1.54, 1.807) is 34.7 Å². The molecule has 9 nitrogen and oxygen atoms in total. The van der Waals surface area contributed by atoms with Gasteiger partial charge in [0.15, 0.2) is 6.29 Å². The second-order valence-corrected chi connectivity index (χ2v) is 9.34. The predicted molar refractivity (Wildman–Crippen MR) is 117 cm³/mol. The van der Waals surface area contributed by atoms with Crippen molar-refractivity contribution in [3.63, 3.8) is 0 Å². The van der Waals surface area contributed by atoms with E-state index in [0.717, 1.165) is 5.03 Å². The van der Waals surface area contributed by atoms with Crippen molar-refractivity contribution in [1.82, 2.24) is 15.6 Å². The monoisotopic (exact) mass is 458 g/mol. The van der Waals surface area contributed by atoms with E-state index in [-0.39, 0.29) is 11.8 Å². The molecule has 2 heterocycles. The van der Waals surface area contributed by atoms with E-state index in [4.69, 9.17) is 15.2 Å². The van der Waals surface area contributed by atoms with Crippen LogP contribution in [0.1, 0.15) is 26.7 Å². The Hall–Kier alpha value is -1.37. The van der Waals surface area contributed by atoms with Crippen molar-refractivity contribution in [2.75, 3.05) is 18.9 Å². The van der Waals surface area contributed by atoms with Crippen molar-refractivity contribution in [3.8, 4) is 0 Å². The van der Waals surface area contributed by atoms with Gasteiger partial charge in [-0.1, -0.05) is 16.9 Å². The Bertz CT molecular complexity index is 670. The van der Waals surface area contributed by atoms with E-state index in [2.05, 4.69) is 15.6 Å². The highest BCUT2D eigenvalue weighted by Crippen LogP contribution is 2.29. The largest absolute Gasteiger partial charge is 0.389 e. The molecular weight excluding hydrogens is 428 g/mol. The number of nitrogens with one attached hydrogen (secondary N) is 2. The van der Waals surface area contributed by atoms with Crippen LogP contribution in [0.3, 0.4) is 0 Å². The van der Waals surface area contributed by atoms with Crippen LogP contribution in [0.4, 0.5) is 0 Å². The zero-order valence-corrected chi connectivity index (χ0v) is 18.8. The fourth-order valence-electron chi connectivity index (χ4n) is 2.82. The van der Waals surface area contributed by atoms with Gasteiger partial charge < -0.3 is 30.9 Å². The smallest absolute Gasteiger partial charge is 0.220 e. The number of hydrogen-bond donors (Lipinski definition) is 4. The second kappa shape index (κ2) is 13.1. The number of ether oxygens (including phenoxy) is 2. The first-order valence-corrected chi connectivity index (χ1v) is 12.2. The lowest BCUT2D eigenvalue weighted by Gasteiger charge is -2.42. The average molecular weight is 459 g/mol. The molecule has 0 aromatic carbocycles. The molecule has 5 N–H and O–H groups in total. The second-order valence-electron chi connectivity index (χ2n) is 6.90. The van der Waals surface area contributed by atoms with E-state index < -0.39 is 30.6 Å². The van der Waals surface area contributed by atoms with Gasteiger partial charge in [-0.15, -0.1) is 0 Å². The Kier molecular flexibility index (Phi) is 10.9. The normalized spacial score (nSPS) is 26.2. The molecule has 1 aromatic heterocycles. The molecule has 2 amide bonds. The van der Waals surface area contributed by atoms with Crippen molar-refractivity contribution < 1.29 is 24.2 Å². The summed E-state index contributed by atoms with van der Waals surface area (Å²) in [5, 5.41) is 16.7. The summed E-state index contributed by atoms with van der Waals surface area (Å²) in [6.45, 7) is 3.88. The first-order chi connectivity index (χ1) is 14.4. The number of hydrogen-bond acceptors (Lipinski definition) is 9. The molecule has 1 fully saturated rings. The SMILES string of the molecule is CC(=O)N[C@H]1[C@H](OCCCNC(=O)CCSSc2ccccn2)O[C@H](C)[C@H](N)[C@@H]1O. The van der Waals surface area contributed by atoms with Crippen LogP contribution in [0.2, 0.25) is 0 Å². The van der Waals surface area contributed by atoms with Crippen molar-refractivity contribution in [2.24, 2.45) is 5.73 Å². The Morgan fingerprint density at radius 1 is 1.40 bits per heavy atom. The maximum Gasteiger partial charge on any atom is 0.220 e. The maximum absolute atomic E-state index is 11.9. The Balaban J connectivity index is 1.60. The van der Waals surface area contributed by atoms with Gasteiger partial charge in [-0.2, -0.15) is 0 Å². The number of nitrogens with zero attached hydrogens (tertiary/aromatic N) is 1. The first-order valence-electron chi connectivity index (χ1n) is 9.83. The molecule has 0 unspecified atom stereocenters. The number of aliphatic hydroxyl groups excluding tert-OH is 1. The van der Waals surface area contributed by atoms with Crippen LogP contribution in [0.5, 0.6) is 0 Å². The van der Waals surface area contributed by atoms with Crippen LogP contribution < -0.4 is 16.4 Å². The average Bonchev–Trinajstić information content (AvgIpc) is 2.72. The number of aliphatic hydroxyl groups is 1. The molecule has 1 aliphatic heterocycles. The zero-order valence-electron chi connectivity index (χ0n) is 17.2. The summed E-state index contributed by atoms with van der Waals surface area (Å²) in [5.74, 6) is 0.363. The van der Waals surface area contributed by atoms with Gasteiger partial charge in [-0.3, -0.25) is 9.59 Å². The third kappa shape index (κ3) is 8.40. The van der Waals surface area contributed by atoms with Gasteiger partial charge in [0, 0.05) is 31.8 Å². The Labute approximate surface area is 184 Å². The molecule has 1 aliphatic rings. The highest BCUT2D eigenvalue weighted by molar-refractivity contribution is 8.76. The third-order valence-electron chi connectivity index (χ3n) is 4.44. The van der Waals surface area contributed by atoms with Gasteiger partial charge >= 0.3 is 0 Å². The van der Waals surface area contributed by atoms with E-state index in [1.807, 2.05) is 18.2 Å². The number of carbonyl (C=O) groups excluding carboxylic acids is 2. The van der Waals surface area contributed by atoms with Crippen LogP contribution in [0, 0.1) is 0 Å². The number of aromatic nitrogens is 1. The molecular formula is C19H30N4O5S2. The van der Waals surface area contributed by atoms with Gasteiger partial charge in [0.2, 0.25) is 11.8 Å². The van der Waals surface area contributed by atoms with E-state index in [0.29, 0.717) is 31.7 Å². The van der Waals surface area contributed by atoms with Crippen molar-refractivity contribution in [2.45, 2.75) is 62.3 Å². The van der Waals surface area contributed by atoms with E-state index >= 15 is 0 Å². The molecule has 11 heteroatoms. The molecule has 30 heavy (non-hydrogen) atoms. The molecule has 0 aliphatic carbocycles. The minimum Gasteiger partial charge on any atom is -0.389 e. The van der Waals surface area contributed by atoms with Crippen LogP contribution in [-0.4, -0.2) is 71.4 Å². The van der Waals surface area contributed by atoms with Gasteiger partial charge in [0.05, 0.1) is 24.9 Å². The topological polar surface area (TPSA) is 136 Å². The van der Waals surface area contributed by atoms with Crippen molar-refractivity contribution in [1.29, 1.82) is 0 Å². The summed E-state index contributed by atoms with van der Waals surface area (Å²) in [5.41, 5.74) is 5.91. The lowest BCUT2D eigenvalue weighted by molar-refractivity contribution is -0.233. The number of pyridine rings is 1. The fraction of sp³-hybridized carbons (Fsp3) is 0.632. The van der Waals surface area contributed by atoms with Crippen molar-refractivity contribution in [3.05, 3.63) is 24.4 Å². The lowest BCUT2D eigenvalue weighted by atomic mass is 9.96. The lowest BCUT2D eigenvalue weighted by Crippen LogP contribution is -2.65. The maximum atomic E-state index is 11.9.